The van der Waals surface area contributed by atoms with Crippen LogP contribution in [-0.4, -0.2) is 28.8 Å². The first-order chi connectivity index (χ1) is 9.83. The Balaban J connectivity index is 1.96. The number of amides is 1. The summed E-state index contributed by atoms with van der Waals surface area (Å²) in [7, 11) is 0. The van der Waals surface area contributed by atoms with Crippen LogP contribution in [0.25, 0.3) is 0 Å². The van der Waals surface area contributed by atoms with Crippen LogP contribution in [0.5, 0.6) is 5.88 Å². The van der Waals surface area contributed by atoms with Gasteiger partial charge in [0.05, 0.1) is 5.56 Å². The van der Waals surface area contributed by atoms with Gasteiger partial charge in [0.2, 0.25) is 5.88 Å². The van der Waals surface area contributed by atoms with Crippen molar-refractivity contribution in [3.63, 3.8) is 0 Å². The maximum absolute atomic E-state index is 12.0. The van der Waals surface area contributed by atoms with Crippen molar-refractivity contribution in [3.8, 4) is 5.88 Å². The minimum atomic E-state index is -4.44. The number of halogens is 3. The van der Waals surface area contributed by atoms with Gasteiger partial charge >= 0.3 is 6.18 Å². The minimum Gasteiger partial charge on any atom is -0.468 e. The van der Waals surface area contributed by atoms with E-state index in [1.807, 2.05) is 0 Å². The van der Waals surface area contributed by atoms with Crippen molar-refractivity contribution in [1.82, 2.24) is 10.1 Å². The SMILES string of the molecule is Cc1cc(NC(=O)c2ccc(OCC(F)(F)F)nc2)no1. The lowest BCUT2D eigenvalue weighted by molar-refractivity contribution is -0.154. The molecule has 6 nitrogen and oxygen atoms in total. The Morgan fingerprint density at radius 2 is 2.19 bits per heavy atom. The topological polar surface area (TPSA) is 77.2 Å². The number of ether oxygens (including phenoxy) is 1. The van der Waals surface area contributed by atoms with Crippen LogP contribution in [0.3, 0.4) is 0 Å². The van der Waals surface area contributed by atoms with E-state index in [9.17, 15) is 18.0 Å². The zero-order chi connectivity index (χ0) is 15.5. The van der Waals surface area contributed by atoms with Gasteiger partial charge in [-0.05, 0) is 13.0 Å². The Morgan fingerprint density at radius 3 is 2.71 bits per heavy atom. The molecule has 0 unspecified atom stereocenters. The first-order valence-corrected chi connectivity index (χ1v) is 5.74. The van der Waals surface area contributed by atoms with Crippen LogP contribution < -0.4 is 10.1 Å². The van der Waals surface area contributed by atoms with Crippen molar-refractivity contribution in [3.05, 3.63) is 35.7 Å². The molecule has 112 valence electrons. The summed E-state index contributed by atoms with van der Waals surface area (Å²) >= 11 is 0. The van der Waals surface area contributed by atoms with Gasteiger partial charge in [0.25, 0.3) is 5.91 Å². The predicted octanol–water partition coefficient (Wildman–Crippen LogP) is 2.57. The lowest BCUT2D eigenvalue weighted by atomic mass is 10.2. The number of alkyl halides is 3. The molecule has 0 aliphatic carbocycles. The Hall–Kier alpha value is -2.58. The average Bonchev–Trinajstić information content (AvgIpc) is 2.81. The van der Waals surface area contributed by atoms with E-state index in [1.165, 1.54) is 18.2 Å². The van der Waals surface area contributed by atoms with Crippen LogP contribution in [-0.2, 0) is 0 Å². The number of rotatable bonds is 4. The molecule has 21 heavy (non-hydrogen) atoms. The molecule has 0 aliphatic heterocycles. The summed E-state index contributed by atoms with van der Waals surface area (Å²) in [6.45, 7) is 0.223. The van der Waals surface area contributed by atoms with E-state index in [2.05, 4.69) is 20.2 Å². The van der Waals surface area contributed by atoms with Crippen molar-refractivity contribution in [2.75, 3.05) is 11.9 Å². The largest absolute Gasteiger partial charge is 0.468 e. The maximum Gasteiger partial charge on any atom is 0.422 e. The third kappa shape index (κ3) is 4.48. The molecule has 0 aliphatic rings. The van der Waals surface area contributed by atoms with Gasteiger partial charge in [-0.15, -0.1) is 0 Å². The summed E-state index contributed by atoms with van der Waals surface area (Å²) in [6.07, 6.45) is -3.34. The predicted molar refractivity (Wildman–Crippen MR) is 65.0 cm³/mol. The van der Waals surface area contributed by atoms with Gasteiger partial charge in [-0.3, -0.25) is 4.79 Å². The molecular weight excluding hydrogens is 291 g/mol. The molecule has 0 saturated heterocycles. The van der Waals surface area contributed by atoms with Crippen LogP contribution in [0.15, 0.2) is 28.9 Å². The van der Waals surface area contributed by atoms with E-state index in [4.69, 9.17) is 4.52 Å². The van der Waals surface area contributed by atoms with Crippen LogP contribution in [0, 0.1) is 6.92 Å². The summed E-state index contributed by atoms with van der Waals surface area (Å²) in [4.78, 5) is 15.4. The molecular formula is C12H10F3N3O3. The normalized spacial score (nSPS) is 11.2. The van der Waals surface area contributed by atoms with Crippen LogP contribution in [0.4, 0.5) is 19.0 Å². The highest BCUT2D eigenvalue weighted by Crippen LogP contribution is 2.17. The molecule has 0 fully saturated rings. The molecule has 9 heteroatoms. The van der Waals surface area contributed by atoms with E-state index in [1.54, 1.807) is 6.92 Å². The number of nitrogens with one attached hydrogen (secondary N) is 1. The van der Waals surface area contributed by atoms with Crippen LogP contribution in [0.1, 0.15) is 16.1 Å². The molecule has 2 aromatic heterocycles. The standard InChI is InChI=1S/C12H10F3N3O3/c1-7-4-9(18-21-7)17-11(19)8-2-3-10(16-5-8)20-6-12(13,14)15/h2-5H,6H2,1H3,(H,17,18,19). The second-order valence-electron chi connectivity index (χ2n) is 4.07. The maximum atomic E-state index is 12.0. The lowest BCUT2D eigenvalue weighted by Gasteiger charge is -2.08. The van der Waals surface area contributed by atoms with Crippen molar-refractivity contribution in [2.24, 2.45) is 0 Å². The number of nitrogens with zero attached hydrogens (tertiary/aromatic N) is 2. The number of carbonyl (C=O) groups is 1. The van der Waals surface area contributed by atoms with Crippen molar-refractivity contribution in [2.45, 2.75) is 13.1 Å². The average molecular weight is 301 g/mol. The molecule has 2 rings (SSSR count). The van der Waals surface area contributed by atoms with E-state index < -0.39 is 18.7 Å². The number of carbonyl (C=O) groups excluding carboxylic acids is 1. The van der Waals surface area contributed by atoms with E-state index in [0.29, 0.717) is 5.76 Å². The Morgan fingerprint density at radius 1 is 1.43 bits per heavy atom. The summed E-state index contributed by atoms with van der Waals surface area (Å²) in [6, 6.07) is 3.99. The van der Waals surface area contributed by atoms with Crippen molar-refractivity contribution >= 4 is 11.7 Å². The number of anilines is 1. The second-order valence-corrected chi connectivity index (χ2v) is 4.07. The lowest BCUT2D eigenvalue weighted by Crippen LogP contribution is -2.19. The Kier molecular flexibility index (Phi) is 4.10. The van der Waals surface area contributed by atoms with Gasteiger partial charge in [-0.1, -0.05) is 5.16 Å². The third-order valence-electron chi connectivity index (χ3n) is 2.25. The van der Waals surface area contributed by atoms with Crippen LogP contribution >= 0.6 is 0 Å². The smallest absolute Gasteiger partial charge is 0.422 e. The molecule has 1 amide bonds. The fourth-order valence-corrected chi connectivity index (χ4v) is 1.37. The van der Waals surface area contributed by atoms with Crippen LogP contribution in [0.2, 0.25) is 0 Å². The zero-order valence-electron chi connectivity index (χ0n) is 10.8. The molecule has 0 atom stereocenters. The second kappa shape index (κ2) is 5.81. The minimum absolute atomic E-state index is 0.148. The highest BCUT2D eigenvalue weighted by molar-refractivity contribution is 6.03. The first kappa shape index (κ1) is 14.8. The fraction of sp³-hybridized carbons (Fsp3) is 0.250. The number of hydrogen-bond acceptors (Lipinski definition) is 5. The molecule has 2 heterocycles. The van der Waals surface area contributed by atoms with Gasteiger partial charge in [0.1, 0.15) is 5.76 Å². The highest BCUT2D eigenvalue weighted by Gasteiger charge is 2.28. The number of pyridine rings is 1. The quantitative estimate of drug-likeness (QED) is 0.939. The Labute approximate surface area is 116 Å². The van der Waals surface area contributed by atoms with Gasteiger partial charge in [0.15, 0.2) is 12.4 Å². The molecule has 0 saturated carbocycles. The van der Waals surface area contributed by atoms with Gasteiger partial charge in [0, 0.05) is 18.3 Å². The highest BCUT2D eigenvalue weighted by atomic mass is 19.4. The molecule has 2 aromatic rings. The van der Waals surface area contributed by atoms with Crippen molar-refractivity contribution < 1.29 is 27.2 Å². The number of hydrogen-bond donors (Lipinski definition) is 1. The van der Waals surface area contributed by atoms with E-state index in [0.717, 1.165) is 6.20 Å². The molecule has 0 radical (unpaired) electrons. The first-order valence-electron chi connectivity index (χ1n) is 5.74. The van der Waals surface area contributed by atoms with Gasteiger partial charge < -0.3 is 14.6 Å². The van der Waals surface area contributed by atoms with Crippen molar-refractivity contribution in [1.29, 1.82) is 0 Å². The number of aromatic nitrogens is 2. The fourth-order valence-electron chi connectivity index (χ4n) is 1.37. The summed E-state index contributed by atoms with van der Waals surface area (Å²) in [5.41, 5.74) is 0.148. The molecule has 0 spiro atoms. The molecule has 0 bridgehead atoms. The summed E-state index contributed by atoms with van der Waals surface area (Å²) < 4.78 is 45.1. The van der Waals surface area contributed by atoms with Gasteiger partial charge in [-0.25, -0.2) is 4.98 Å². The molecule has 0 aromatic carbocycles. The molecule has 1 N–H and O–H groups in total. The monoisotopic (exact) mass is 301 g/mol. The summed E-state index contributed by atoms with van der Waals surface area (Å²) in [5, 5.41) is 6.03. The van der Waals surface area contributed by atoms with E-state index in [-0.39, 0.29) is 17.3 Å². The zero-order valence-corrected chi connectivity index (χ0v) is 10.8. The Bertz CT molecular complexity index is 623. The summed E-state index contributed by atoms with van der Waals surface area (Å²) in [5.74, 6) is 0.0218. The van der Waals surface area contributed by atoms with Gasteiger partial charge in [-0.2, -0.15) is 13.2 Å². The third-order valence-corrected chi connectivity index (χ3v) is 2.25. The van der Waals surface area contributed by atoms with E-state index >= 15 is 0 Å². The number of aryl methyl sites for hydroxylation is 1.